The van der Waals surface area contributed by atoms with E-state index < -0.39 is 11.7 Å². The molecule has 1 aliphatic rings. The van der Waals surface area contributed by atoms with Gasteiger partial charge in [0.1, 0.15) is 0 Å². The number of halogens is 3. The number of alkyl halides is 3. The molecule has 2 rings (SSSR count). The van der Waals surface area contributed by atoms with Gasteiger partial charge in [0, 0.05) is 12.6 Å². The molecule has 21 heavy (non-hydrogen) atoms. The maximum atomic E-state index is 12.5. The summed E-state index contributed by atoms with van der Waals surface area (Å²) < 4.78 is 42.2. The van der Waals surface area contributed by atoms with E-state index in [0.29, 0.717) is 6.54 Å². The predicted molar refractivity (Wildman–Crippen MR) is 71.4 cm³/mol. The monoisotopic (exact) mass is 301 g/mol. The zero-order valence-electron chi connectivity index (χ0n) is 11.7. The molecule has 0 aliphatic heterocycles. The second-order valence-electron chi connectivity index (χ2n) is 5.24. The quantitative estimate of drug-likeness (QED) is 0.868. The Hall–Kier alpha value is -1.56. The Balaban J connectivity index is 1.92. The molecule has 6 heteroatoms. The number of benzene rings is 1. The van der Waals surface area contributed by atoms with E-state index in [1.165, 1.54) is 19.2 Å². The minimum Gasteiger partial charge on any atom is -0.469 e. The first-order valence-corrected chi connectivity index (χ1v) is 6.89. The molecule has 0 aromatic heterocycles. The summed E-state index contributed by atoms with van der Waals surface area (Å²) in [6, 6.07) is 5.09. The van der Waals surface area contributed by atoms with E-state index in [1.54, 1.807) is 0 Å². The van der Waals surface area contributed by atoms with Gasteiger partial charge in [0.15, 0.2) is 0 Å². The number of nitrogens with one attached hydrogen (secondary N) is 1. The number of rotatable bonds is 4. The van der Waals surface area contributed by atoms with Crippen LogP contribution in [0.3, 0.4) is 0 Å². The van der Waals surface area contributed by atoms with Gasteiger partial charge < -0.3 is 10.1 Å². The minimum atomic E-state index is -4.31. The Bertz CT molecular complexity index is 485. The highest BCUT2D eigenvalue weighted by molar-refractivity contribution is 5.73. The smallest absolute Gasteiger partial charge is 0.416 e. The highest BCUT2D eigenvalue weighted by Crippen LogP contribution is 2.29. The lowest BCUT2D eigenvalue weighted by Gasteiger charge is -2.19. The van der Waals surface area contributed by atoms with Crippen molar-refractivity contribution in [1.82, 2.24) is 5.32 Å². The number of methoxy groups -OCH3 is 1. The largest absolute Gasteiger partial charge is 0.469 e. The van der Waals surface area contributed by atoms with Gasteiger partial charge in [0.25, 0.3) is 0 Å². The third-order valence-electron chi connectivity index (χ3n) is 3.87. The Morgan fingerprint density at radius 1 is 1.29 bits per heavy atom. The summed E-state index contributed by atoms with van der Waals surface area (Å²) in [6.07, 6.45) is -1.70. The maximum absolute atomic E-state index is 12.5. The lowest BCUT2D eigenvalue weighted by Crippen LogP contribution is -2.36. The highest BCUT2D eigenvalue weighted by atomic mass is 19.4. The van der Waals surface area contributed by atoms with Crippen molar-refractivity contribution in [3.63, 3.8) is 0 Å². The van der Waals surface area contributed by atoms with E-state index in [4.69, 9.17) is 4.74 Å². The van der Waals surface area contributed by atoms with Gasteiger partial charge in [-0.2, -0.15) is 13.2 Å². The third-order valence-corrected chi connectivity index (χ3v) is 3.87. The molecule has 1 fully saturated rings. The Labute approximate surface area is 121 Å². The number of esters is 1. The van der Waals surface area contributed by atoms with Gasteiger partial charge in [0.2, 0.25) is 0 Å². The summed E-state index contributed by atoms with van der Waals surface area (Å²) in [7, 11) is 1.37. The van der Waals surface area contributed by atoms with E-state index in [9.17, 15) is 18.0 Å². The van der Waals surface area contributed by atoms with E-state index >= 15 is 0 Å². The molecule has 1 N–H and O–H groups in total. The molecule has 0 radical (unpaired) electrons. The molecule has 3 nitrogen and oxygen atoms in total. The van der Waals surface area contributed by atoms with Gasteiger partial charge in [-0.05, 0) is 30.5 Å². The van der Waals surface area contributed by atoms with Gasteiger partial charge in [0.05, 0.1) is 18.6 Å². The molecule has 0 amide bonds. The summed E-state index contributed by atoms with van der Waals surface area (Å²) >= 11 is 0. The van der Waals surface area contributed by atoms with Crippen molar-refractivity contribution in [3.8, 4) is 0 Å². The molecule has 0 saturated heterocycles. The fourth-order valence-electron chi connectivity index (χ4n) is 2.70. The van der Waals surface area contributed by atoms with Crippen LogP contribution >= 0.6 is 0 Å². The van der Waals surface area contributed by atoms with Crippen LogP contribution in [-0.2, 0) is 22.3 Å². The number of hydrogen-bond acceptors (Lipinski definition) is 3. The van der Waals surface area contributed by atoms with Crippen LogP contribution in [-0.4, -0.2) is 19.1 Å². The molecule has 1 aliphatic carbocycles. The first-order valence-electron chi connectivity index (χ1n) is 6.89. The van der Waals surface area contributed by atoms with Crippen LogP contribution in [0.5, 0.6) is 0 Å². The Kier molecular flexibility index (Phi) is 4.88. The zero-order chi connectivity index (χ0) is 15.5. The molecule has 1 saturated carbocycles. The van der Waals surface area contributed by atoms with Crippen LogP contribution in [0.15, 0.2) is 24.3 Å². The minimum absolute atomic E-state index is 0.0275. The molecule has 116 valence electrons. The van der Waals surface area contributed by atoms with Crippen LogP contribution in [0.2, 0.25) is 0 Å². The predicted octanol–water partition coefficient (Wildman–Crippen LogP) is 3.14. The van der Waals surface area contributed by atoms with Crippen LogP contribution in [0, 0.1) is 5.92 Å². The fraction of sp³-hybridized carbons (Fsp3) is 0.533. The Morgan fingerprint density at radius 2 is 1.95 bits per heavy atom. The highest BCUT2D eigenvalue weighted by Gasteiger charge is 2.33. The molecule has 2 unspecified atom stereocenters. The van der Waals surface area contributed by atoms with Gasteiger partial charge in [-0.15, -0.1) is 0 Å². The maximum Gasteiger partial charge on any atom is 0.416 e. The zero-order valence-corrected chi connectivity index (χ0v) is 11.7. The molecule has 0 heterocycles. The summed E-state index contributed by atoms with van der Waals surface area (Å²) in [5.41, 5.74) is 0.109. The average Bonchev–Trinajstić information content (AvgIpc) is 2.92. The van der Waals surface area contributed by atoms with Crippen LogP contribution in [0.25, 0.3) is 0 Å². The second kappa shape index (κ2) is 6.47. The molecule has 0 spiro atoms. The summed E-state index contributed by atoms with van der Waals surface area (Å²) in [4.78, 5) is 11.6. The molecular formula is C15H18F3NO2. The van der Waals surface area contributed by atoms with Gasteiger partial charge >= 0.3 is 12.1 Å². The summed E-state index contributed by atoms with van der Waals surface area (Å²) in [5, 5.41) is 3.24. The van der Waals surface area contributed by atoms with Crippen LogP contribution in [0.4, 0.5) is 13.2 Å². The van der Waals surface area contributed by atoms with Crippen molar-refractivity contribution >= 4 is 5.97 Å². The number of carbonyl (C=O) groups excluding carboxylic acids is 1. The molecule has 2 atom stereocenters. The van der Waals surface area contributed by atoms with Crippen molar-refractivity contribution < 1.29 is 22.7 Å². The molecule has 1 aromatic rings. The third kappa shape index (κ3) is 3.97. The van der Waals surface area contributed by atoms with Crippen molar-refractivity contribution in [1.29, 1.82) is 0 Å². The van der Waals surface area contributed by atoms with Crippen LogP contribution < -0.4 is 5.32 Å². The first kappa shape index (κ1) is 15.8. The van der Waals surface area contributed by atoms with Crippen molar-refractivity contribution in [3.05, 3.63) is 35.4 Å². The van der Waals surface area contributed by atoms with Crippen molar-refractivity contribution in [2.24, 2.45) is 5.92 Å². The van der Waals surface area contributed by atoms with E-state index in [1.807, 2.05) is 0 Å². The number of carbonyl (C=O) groups is 1. The van der Waals surface area contributed by atoms with E-state index in [2.05, 4.69) is 5.32 Å². The normalized spacial score (nSPS) is 22.3. The lowest BCUT2D eigenvalue weighted by atomic mass is 10.0. The molecule has 0 bridgehead atoms. The van der Waals surface area contributed by atoms with Gasteiger partial charge in [-0.1, -0.05) is 18.6 Å². The lowest BCUT2D eigenvalue weighted by molar-refractivity contribution is -0.146. The van der Waals surface area contributed by atoms with E-state index in [0.717, 1.165) is 37.0 Å². The fourth-order valence-corrected chi connectivity index (χ4v) is 2.70. The first-order chi connectivity index (χ1) is 9.91. The SMILES string of the molecule is COC(=O)C1CCCC1NCc1ccc(C(F)(F)F)cc1. The topological polar surface area (TPSA) is 38.3 Å². The Morgan fingerprint density at radius 3 is 2.52 bits per heavy atom. The number of ether oxygens (including phenoxy) is 1. The number of hydrogen-bond donors (Lipinski definition) is 1. The average molecular weight is 301 g/mol. The molecular weight excluding hydrogens is 283 g/mol. The van der Waals surface area contributed by atoms with Crippen molar-refractivity contribution in [2.45, 2.75) is 38.0 Å². The van der Waals surface area contributed by atoms with Gasteiger partial charge in [-0.25, -0.2) is 0 Å². The summed E-state index contributed by atoms with van der Waals surface area (Å²) in [6.45, 7) is 0.441. The summed E-state index contributed by atoms with van der Waals surface area (Å²) in [5.74, 6) is -0.387. The standard InChI is InChI=1S/C15H18F3NO2/c1-21-14(20)12-3-2-4-13(12)19-9-10-5-7-11(8-6-10)15(16,17)18/h5-8,12-13,19H,2-4,9H2,1H3. The van der Waals surface area contributed by atoms with E-state index in [-0.39, 0.29) is 17.9 Å². The van der Waals surface area contributed by atoms with Crippen molar-refractivity contribution in [2.75, 3.05) is 7.11 Å². The second-order valence-corrected chi connectivity index (χ2v) is 5.24. The van der Waals surface area contributed by atoms with Gasteiger partial charge in [-0.3, -0.25) is 4.79 Å². The van der Waals surface area contributed by atoms with Crippen LogP contribution in [0.1, 0.15) is 30.4 Å². The molecule has 1 aromatic carbocycles.